The lowest BCUT2D eigenvalue weighted by molar-refractivity contribution is -0.118. The van der Waals surface area contributed by atoms with E-state index in [-0.39, 0.29) is 18.2 Å². The molecule has 4 rings (SSSR count). The van der Waals surface area contributed by atoms with Gasteiger partial charge in [-0.2, -0.15) is 0 Å². The van der Waals surface area contributed by atoms with E-state index in [0.29, 0.717) is 22.5 Å². The minimum absolute atomic E-state index is 0.126. The smallest absolute Gasteiger partial charge is 0.323 e. The molecule has 0 bridgehead atoms. The Morgan fingerprint density at radius 2 is 1.85 bits per heavy atom. The van der Waals surface area contributed by atoms with E-state index in [1.165, 1.54) is 0 Å². The maximum absolute atomic E-state index is 12.2. The summed E-state index contributed by atoms with van der Waals surface area (Å²) in [4.78, 5) is 28.8. The topological polar surface area (TPSA) is 87.0 Å². The zero-order valence-corrected chi connectivity index (χ0v) is 15.1. The molecule has 130 valence electrons. The monoisotopic (exact) mass is 411 g/mol. The zero-order valence-electron chi connectivity index (χ0n) is 13.5. The van der Waals surface area contributed by atoms with Gasteiger partial charge in [0.05, 0.1) is 15.5 Å². The number of ether oxygens (including phenoxy) is 1. The quantitative estimate of drug-likeness (QED) is 0.477. The number of anilines is 1. The molecular formula is C19H14BrN3O3. The Morgan fingerprint density at radius 3 is 2.73 bits per heavy atom. The first kappa shape index (κ1) is 16.4. The molecule has 0 radical (unpaired) electrons. The molecule has 6 nitrogen and oxygen atoms in total. The highest BCUT2D eigenvalue weighted by Crippen LogP contribution is 2.33. The van der Waals surface area contributed by atoms with Crippen molar-refractivity contribution in [3.8, 4) is 5.75 Å². The summed E-state index contributed by atoms with van der Waals surface area (Å²) >= 11 is 3.53. The molecule has 1 amide bonds. The van der Waals surface area contributed by atoms with E-state index in [4.69, 9.17) is 4.74 Å². The Hall–Kier alpha value is -3.06. The number of rotatable bonds is 4. The van der Waals surface area contributed by atoms with Crippen LogP contribution in [0.1, 0.15) is 0 Å². The van der Waals surface area contributed by atoms with Crippen LogP contribution in [-0.4, -0.2) is 22.5 Å². The second kappa shape index (κ2) is 6.68. The molecule has 3 N–H and O–H groups in total. The molecule has 0 saturated heterocycles. The van der Waals surface area contributed by atoms with E-state index in [9.17, 15) is 9.59 Å². The minimum atomic E-state index is -0.290. The van der Waals surface area contributed by atoms with E-state index in [1.807, 2.05) is 36.4 Å². The van der Waals surface area contributed by atoms with Gasteiger partial charge in [0.25, 0.3) is 5.91 Å². The second-order valence-corrected chi connectivity index (χ2v) is 6.57. The van der Waals surface area contributed by atoms with E-state index in [0.717, 1.165) is 15.2 Å². The maximum atomic E-state index is 12.2. The molecule has 4 aromatic rings. The molecule has 0 aliphatic heterocycles. The first-order chi connectivity index (χ1) is 12.6. The van der Waals surface area contributed by atoms with Gasteiger partial charge in [-0.1, -0.05) is 30.3 Å². The van der Waals surface area contributed by atoms with Crippen LogP contribution in [0.3, 0.4) is 0 Å². The van der Waals surface area contributed by atoms with Gasteiger partial charge in [-0.05, 0) is 51.0 Å². The summed E-state index contributed by atoms with van der Waals surface area (Å²) in [6.07, 6.45) is 0. The first-order valence-corrected chi connectivity index (χ1v) is 8.71. The predicted molar refractivity (Wildman–Crippen MR) is 105 cm³/mol. The third kappa shape index (κ3) is 3.21. The van der Waals surface area contributed by atoms with Crippen LogP contribution in [0.2, 0.25) is 0 Å². The Bertz CT molecular complexity index is 1180. The Kier molecular flexibility index (Phi) is 4.22. The number of aromatic amines is 2. The molecular weight excluding hydrogens is 398 g/mol. The molecule has 0 spiro atoms. The fourth-order valence-electron chi connectivity index (χ4n) is 2.78. The lowest BCUT2D eigenvalue weighted by Gasteiger charge is -2.11. The number of carbonyl (C=O) groups is 1. The third-order valence-electron chi connectivity index (χ3n) is 3.99. The number of hydrogen-bond acceptors (Lipinski definition) is 3. The molecule has 0 unspecified atom stereocenters. The molecule has 0 aliphatic rings. The summed E-state index contributed by atoms with van der Waals surface area (Å²) in [6.45, 7) is -0.126. The van der Waals surface area contributed by atoms with Gasteiger partial charge in [-0.25, -0.2) is 4.79 Å². The molecule has 7 heteroatoms. The van der Waals surface area contributed by atoms with Crippen molar-refractivity contribution in [2.24, 2.45) is 0 Å². The lowest BCUT2D eigenvalue weighted by atomic mass is 10.1. The van der Waals surface area contributed by atoms with E-state index < -0.39 is 0 Å². The van der Waals surface area contributed by atoms with Gasteiger partial charge in [0.15, 0.2) is 6.61 Å². The summed E-state index contributed by atoms with van der Waals surface area (Å²) in [6, 6.07) is 16.8. The number of imidazole rings is 1. The number of fused-ring (bicyclic) bond motifs is 2. The van der Waals surface area contributed by atoms with Crippen LogP contribution in [0.15, 0.2) is 63.9 Å². The Labute approximate surface area is 156 Å². The molecule has 26 heavy (non-hydrogen) atoms. The second-order valence-electron chi connectivity index (χ2n) is 5.78. The van der Waals surface area contributed by atoms with Gasteiger partial charge < -0.3 is 20.0 Å². The van der Waals surface area contributed by atoms with Crippen LogP contribution < -0.4 is 15.7 Å². The molecule has 0 aliphatic carbocycles. The largest absolute Gasteiger partial charge is 0.483 e. The van der Waals surface area contributed by atoms with Crippen molar-refractivity contribution in [3.63, 3.8) is 0 Å². The molecule has 1 heterocycles. The van der Waals surface area contributed by atoms with Crippen molar-refractivity contribution in [2.75, 3.05) is 11.9 Å². The van der Waals surface area contributed by atoms with Crippen molar-refractivity contribution in [1.29, 1.82) is 0 Å². The number of nitrogens with one attached hydrogen (secondary N) is 3. The van der Waals surface area contributed by atoms with Crippen molar-refractivity contribution >= 4 is 49.3 Å². The fraction of sp³-hybridized carbons (Fsp3) is 0.0526. The first-order valence-electron chi connectivity index (χ1n) is 7.92. The highest BCUT2D eigenvalue weighted by Gasteiger charge is 2.09. The van der Waals surface area contributed by atoms with Crippen LogP contribution in [0.5, 0.6) is 5.75 Å². The summed E-state index contributed by atoms with van der Waals surface area (Å²) in [5.74, 6) is 0.312. The van der Waals surface area contributed by atoms with Crippen LogP contribution in [0.4, 0.5) is 5.69 Å². The van der Waals surface area contributed by atoms with Gasteiger partial charge in [0.1, 0.15) is 5.75 Å². The minimum Gasteiger partial charge on any atom is -0.483 e. The molecule has 1 aromatic heterocycles. The van der Waals surface area contributed by atoms with E-state index in [2.05, 4.69) is 31.2 Å². The average Bonchev–Trinajstić information content (AvgIpc) is 3.01. The van der Waals surface area contributed by atoms with Gasteiger partial charge in [-0.3, -0.25) is 4.79 Å². The zero-order chi connectivity index (χ0) is 18.1. The predicted octanol–water partition coefficient (Wildman–Crippen LogP) is 3.79. The summed E-state index contributed by atoms with van der Waals surface area (Å²) < 4.78 is 6.46. The normalized spacial score (nSPS) is 11.0. The number of amides is 1. The summed E-state index contributed by atoms with van der Waals surface area (Å²) in [5, 5.41) is 4.86. The molecule has 0 atom stereocenters. The fourth-order valence-corrected chi connectivity index (χ4v) is 3.38. The maximum Gasteiger partial charge on any atom is 0.323 e. The number of halogens is 1. The third-order valence-corrected chi connectivity index (χ3v) is 4.80. The van der Waals surface area contributed by atoms with Gasteiger partial charge >= 0.3 is 5.69 Å². The van der Waals surface area contributed by atoms with Crippen molar-refractivity contribution < 1.29 is 9.53 Å². The molecule has 3 aromatic carbocycles. The number of H-pyrrole nitrogens is 2. The van der Waals surface area contributed by atoms with Crippen LogP contribution >= 0.6 is 15.9 Å². The van der Waals surface area contributed by atoms with Gasteiger partial charge in [-0.15, -0.1) is 0 Å². The highest BCUT2D eigenvalue weighted by atomic mass is 79.9. The number of aromatic nitrogens is 2. The van der Waals surface area contributed by atoms with E-state index in [1.54, 1.807) is 18.2 Å². The van der Waals surface area contributed by atoms with Crippen molar-refractivity contribution in [1.82, 2.24) is 9.97 Å². The lowest BCUT2D eigenvalue weighted by Crippen LogP contribution is -2.20. The summed E-state index contributed by atoms with van der Waals surface area (Å²) in [7, 11) is 0. The van der Waals surface area contributed by atoms with E-state index >= 15 is 0 Å². The SMILES string of the molecule is O=C(COc1ccc2ccccc2c1Br)Nc1ccc2[nH]c(=O)[nH]c2c1. The van der Waals surface area contributed by atoms with Gasteiger partial charge in [0, 0.05) is 5.69 Å². The number of benzene rings is 3. The number of hydrogen-bond donors (Lipinski definition) is 3. The highest BCUT2D eigenvalue weighted by molar-refractivity contribution is 9.10. The number of carbonyl (C=O) groups excluding carboxylic acids is 1. The molecule has 0 saturated carbocycles. The Morgan fingerprint density at radius 1 is 1.04 bits per heavy atom. The van der Waals surface area contributed by atoms with Crippen LogP contribution in [0, 0.1) is 0 Å². The van der Waals surface area contributed by atoms with Crippen molar-refractivity contribution in [3.05, 3.63) is 69.6 Å². The Balaban J connectivity index is 1.46. The van der Waals surface area contributed by atoms with Gasteiger partial charge in [0.2, 0.25) is 0 Å². The summed E-state index contributed by atoms with van der Waals surface area (Å²) in [5.41, 5.74) is 1.61. The van der Waals surface area contributed by atoms with Crippen LogP contribution in [-0.2, 0) is 4.79 Å². The average molecular weight is 412 g/mol. The molecule has 0 fully saturated rings. The standard InChI is InChI=1S/C19H14BrN3O3/c20-18-13-4-2-1-3-11(13)5-8-16(18)26-10-17(24)21-12-6-7-14-15(9-12)23-19(25)22-14/h1-9H,10H2,(H,21,24)(H2,22,23,25). The van der Waals surface area contributed by atoms with Crippen LogP contribution in [0.25, 0.3) is 21.8 Å². The van der Waals surface area contributed by atoms with Crippen molar-refractivity contribution in [2.45, 2.75) is 0 Å².